The fourth-order valence-electron chi connectivity index (χ4n) is 2.98. The highest BCUT2D eigenvalue weighted by Crippen LogP contribution is 2.38. The van der Waals surface area contributed by atoms with Crippen molar-refractivity contribution in [2.45, 2.75) is 91.5 Å². The van der Waals surface area contributed by atoms with Crippen LogP contribution in [0.3, 0.4) is 0 Å². The van der Waals surface area contributed by atoms with Crippen molar-refractivity contribution < 1.29 is 18.8 Å². The summed E-state index contributed by atoms with van der Waals surface area (Å²) in [6.45, 7) is 20.4. The summed E-state index contributed by atoms with van der Waals surface area (Å²) in [5.41, 5.74) is 1.75. The third kappa shape index (κ3) is 6.35. The molecule has 1 aliphatic rings. The normalized spacial score (nSPS) is 19.0. The topological polar surface area (TPSA) is 56.8 Å². The van der Waals surface area contributed by atoms with E-state index >= 15 is 0 Å². The molecule has 0 atom stereocenters. The number of nitrogens with one attached hydrogen (secondary N) is 1. The van der Waals surface area contributed by atoms with E-state index in [1.165, 1.54) is 5.56 Å². The molecule has 1 saturated heterocycles. The van der Waals surface area contributed by atoms with Crippen molar-refractivity contribution in [3.05, 3.63) is 40.9 Å². The van der Waals surface area contributed by atoms with Crippen LogP contribution in [-0.4, -0.2) is 36.6 Å². The lowest BCUT2D eigenvalue weighted by molar-refractivity contribution is 0.00578. The molecule has 166 valence electrons. The number of hydrogen-bond donors (Lipinski definition) is 1. The summed E-state index contributed by atoms with van der Waals surface area (Å²) in [7, 11) is -0.549. The van der Waals surface area contributed by atoms with Crippen LogP contribution in [0.15, 0.2) is 29.7 Å². The SMILES string of the molecule is CC(C)(C)OC(=O)NCC(=Cc1ccc(C(C)(C)C)cc1)B1OC(C)(C)C(C)(C)O1. The van der Waals surface area contributed by atoms with Gasteiger partial charge in [0.1, 0.15) is 5.60 Å². The van der Waals surface area contributed by atoms with Crippen LogP contribution < -0.4 is 5.32 Å². The Morgan fingerprint density at radius 2 is 1.50 bits per heavy atom. The van der Waals surface area contributed by atoms with Gasteiger partial charge in [0, 0.05) is 6.54 Å². The summed E-state index contributed by atoms with van der Waals surface area (Å²) >= 11 is 0. The van der Waals surface area contributed by atoms with Gasteiger partial charge >= 0.3 is 13.2 Å². The summed E-state index contributed by atoms with van der Waals surface area (Å²) in [5.74, 6) is 0. The number of carbonyl (C=O) groups excluding carboxylic acids is 1. The highest BCUT2D eigenvalue weighted by molar-refractivity contribution is 6.56. The van der Waals surface area contributed by atoms with Crippen LogP contribution in [0.25, 0.3) is 6.08 Å². The highest BCUT2D eigenvalue weighted by Gasteiger charge is 2.52. The van der Waals surface area contributed by atoms with Crippen LogP contribution in [0.5, 0.6) is 0 Å². The first kappa shape index (κ1) is 24.5. The third-order valence-electron chi connectivity index (χ3n) is 5.52. The molecule has 5 nitrogen and oxygen atoms in total. The Hall–Kier alpha value is -1.79. The Morgan fingerprint density at radius 3 is 1.93 bits per heavy atom. The van der Waals surface area contributed by atoms with Gasteiger partial charge in [0.05, 0.1) is 11.2 Å². The van der Waals surface area contributed by atoms with Crippen LogP contribution in [0.2, 0.25) is 0 Å². The standard InChI is InChI=1S/C24H38BNO4/c1-21(2,3)18-13-11-17(12-14-18)15-19(16-26-20(27)28-22(4,5)6)25-29-23(7,8)24(9,10)30-25/h11-15H,16H2,1-10H3,(H,26,27). The average Bonchev–Trinajstić information content (AvgIpc) is 2.77. The molecular weight excluding hydrogens is 377 g/mol. The third-order valence-corrected chi connectivity index (χ3v) is 5.52. The summed E-state index contributed by atoms with van der Waals surface area (Å²) in [6, 6.07) is 8.43. The Bertz CT molecular complexity index is 767. The number of amides is 1. The Morgan fingerprint density at radius 1 is 1.00 bits per heavy atom. The van der Waals surface area contributed by atoms with Gasteiger partial charge in [0.2, 0.25) is 0 Å². The molecule has 6 heteroatoms. The number of alkyl carbamates (subject to hydrolysis) is 1. The minimum Gasteiger partial charge on any atom is -0.444 e. The van der Waals surface area contributed by atoms with Gasteiger partial charge in [-0.3, -0.25) is 0 Å². The highest BCUT2D eigenvalue weighted by atomic mass is 16.7. The van der Waals surface area contributed by atoms with Crippen molar-refractivity contribution in [2.75, 3.05) is 6.54 Å². The molecule has 0 spiro atoms. The van der Waals surface area contributed by atoms with Gasteiger partial charge in [-0.1, -0.05) is 51.1 Å². The van der Waals surface area contributed by atoms with Gasteiger partial charge in [-0.05, 0) is 70.5 Å². The van der Waals surface area contributed by atoms with Crippen molar-refractivity contribution in [3.63, 3.8) is 0 Å². The number of benzene rings is 1. The maximum Gasteiger partial charge on any atom is 0.492 e. The predicted octanol–water partition coefficient (Wildman–Crippen LogP) is 5.52. The fraction of sp³-hybridized carbons (Fsp3) is 0.625. The molecule has 1 aromatic rings. The maximum absolute atomic E-state index is 12.2. The van der Waals surface area contributed by atoms with Gasteiger partial charge in [0.25, 0.3) is 0 Å². The van der Waals surface area contributed by atoms with E-state index in [4.69, 9.17) is 14.0 Å². The molecule has 1 amide bonds. The van der Waals surface area contributed by atoms with E-state index in [9.17, 15) is 4.79 Å². The average molecular weight is 415 g/mol. The monoisotopic (exact) mass is 415 g/mol. The zero-order chi connectivity index (χ0) is 23.0. The first-order valence-corrected chi connectivity index (χ1v) is 10.6. The zero-order valence-corrected chi connectivity index (χ0v) is 20.3. The molecule has 0 saturated carbocycles. The molecule has 30 heavy (non-hydrogen) atoms. The van der Waals surface area contributed by atoms with Crippen LogP contribution in [0.1, 0.15) is 80.4 Å². The smallest absolute Gasteiger partial charge is 0.444 e. The van der Waals surface area contributed by atoms with Crippen LogP contribution in [0, 0.1) is 0 Å². The van der Waals surface area contributed by atoms with E-state index in [0.29, 0.717) is 0 Å². The zero-order valence-electron chi connectivity index (χ0n) is 20.3. The number of carbonyl (C=O) groups is 1. The molecule has 0 radical (unpaired) electrons. The molecular formula is C24H38BNO4. The first-order valence-electron chi connectivity index (χ1n) is 10.6. The van der Waals surface area contributed by atoms with Crippen molar-refractivity contribution in [3.8, 4) is 0 Å². The van der Waals surface area contributed by atoms with Crippen LogP contribution in [-0.2, 0) is 19.5 Å². The second kappa shape index (κ2) is 8.39. The molecule has 0 aromatic heterocycles. The van der Waals surface area contributed by atoms with E-state index in [1.54, 1.807) is 0 Å². The van der Waals surface area contributed by atoms with Gasteiger partial charge in [-0.15, -0.1) is 0 Å². The molecule has 0 unspecified atom stereocenters. The second-order valence-corrected chi connectivity index (χ2v) is 11.0. The van der Waals surface area contributed by atoms with Gasteiger partial charge in [-0.2, -0.15) is 0 Å². The lowest BCUT2D eigenvalue weighted by Gasteiger charge is -2.32. The molecule has 0 bridgehead atoms. The predicted molar refractivity (Wildman–Crippen MR) is 123 cm³/mol. The molecule has 1 aromatic carbocycles. The number of rotatable bonds is 4. The fourth-order valence-corrected chi connectivity index (χ4v) is 2.98. The van der Waals surface area contributed by atoms with Gasteiger partial charge < -0.3 is 19.4 Å². The number of ether oxygens (including phenoxy) is 1. The first-order chi connectivity index (χ1) is 13.5. The van der Waals surface area contributed by atoms with E-state index in [-0.39, 0.29) is 12.0 Å². The summed E-state index contributed by atoms with van der Waals surface area (Å²) < 4.78 is 17.8. The van der Waals surface area contributed by atoms with Crippen LogP contribution in [0.4, 0.5) is 4.79 Å². The van der Waals surface area contributed by atoms with Crippen molar-refractivity contribution in [1.82, 2.24) is 5.32 Å². The van der Waals surface area contributed by atoms with Crippen molar-refractivity contribution >= 4 is 19.3 Å². The van der Waals surface area contributed by atoms with E-state index in [1.807, 2.05) is 54.5 Å². The quantitative estimate of drug-likeness (QED) is 0.658. The molecule has 1 fully saturated rings. The summed E-state index contributed by atoms with van der Waals surface area (Å²) in [6.07, 6.45) is 1.55. The molecule has 2 rings (SSSR count). The van der Waals surface area contributed by atoms with Crippen molar-refractivity contribution in [2.24, 2.45) is 0 Å². The summed E-state index contributed by atoms with van der Waals surface area (Å²) in [5, 5.41) is 2.84. The minimum atomic E-state index is -0.554. The van der Waals surface area contributed by atoms with Crippen molar-refractivity contribution in [1.29, 1.82) is 0 Å². The molecule has 1 N–H and O–H groups in total. The van der Waals surface area contributed by atoms with Gasteiger partial charge in [-0.25, -0.2) is 4.79 Å². The second-order valence-electron chi connectivity index (χ2n) is 11.0. The summed E-state index contributed by atoms with van der Waals surface area (Å²) in [4.78, 5) is 12.2. The maximum atomic E-state index is 12.2. The van der Waals surface area contributed by atoms with Crippen LogP contribution >= 0.6 is 0 Å². The Balaban J connectivity index is 2.27. The molecule has 1 heterocycles. The lowest BCUT2D eigenvalue weighted by Crippen LogP contribution is -2.41. The molecule has 0 aliphatic carbocycles. The lowest BCUT2D eigenvalue weighted by atomic mass is 9.76. The minimum absolute atomic E-state index is 0.0923. The molecule has 1 aliphatic heterocycles. The van der Waals surface area contributed by atoms with E-state index in [2.05, 4.69) is 50.4 Å². The van der Waals surface area contributed by atoms with Gasteiger partial charge in [0.15, 0.2) is 0 Å². The Labute approximate surface area is 182 Å². The number of hydrogen-bond acceptors (Lipinski definition) is 4. The van der Waals surface area contributed by atoms with E-state index < -0.39 is 30.0 Å². The Kier molecular flexibility index (Phi) is 6.85. The van der Waals surface area contributed by atoms with E-state index in [0.717, 1.165) is 11.0 Å². The largest absolute Gasteiger partial charge is 0.492 e.